The van der Waals surface area contributed by atoms with Gasteiger partial charge in [0.1, 0.15) is 0 Å². The molecule has 0 bridgehead atoms. The van der Waals surface area contributed by atoms with Gasteiger partial charge < -0.3 is 0 Å². The van der Waals surface area contributed by atoms with E-state index in [2.05, 4.69) is 15.9 Å². The number of nitrogens with two attached hydrogens (primary N) is 1. The second kappa shape index (κ2) is 3.14. The number of thiophene rings is 1. The van der Waals surface area contributed by atoms with E-state index in [1.54, 1.807) is 5.38 Å². The van der Waals surface area contributed by atoms with E-state index in [1.165, 1.54) is 11.3 Å². The molecule has 0 aliphatic rings. The SMILES string of the molecule is NNC(=O)c1cscc1Br. The molecule has 5 heteroatoms. The molecule has 3 N–H and O–H groups in total. The lowest BCUT2D eigenvalue weighted by Crippen LogP contribution is -2.29. The maximum atomic E-state index is 10.8. The van der Waals surface area contributed by atoms with Gasteiger partial charge >= 0.3 is 0 Å². The average Bonchev–Trinajstić information content (AvgIpc) is 2.34. The summed E-state index contributed by atoms with van der Waals surface area (Å²) in [5.41, 5.74) is 2.62. The summed E-state index contributed by atoms with van der Waals surface area (Å²) < 4.78 is 0.778. The third-order valence-electron chi connectivity index (χ3n) is 0.990. The van der Waals surface area contributed by atoms with E-state index in [0.717, 1.165) is 4.47 Å². The molecule has 54 valence electrons. The molecule has 0 atom stereocenters. The minimum atomic E-state index is -0.270. The molecule has 0 aromatic carbocycles. The van der Waals surface area contributed by atoms with Crippen LogP contribution in [0.15, 0.2) is 15.2 Å². The number of hydrazine groups is 1. The van der Waals surface area contributed by atoms with Gasteiger partial charge in [0.15, 0.2) is 0 Å². The van der Waals surface area contributed by atoms with Gasteiger partial charge in [0.25, 0.3) is 5.91 Å². The van der Waals surface area contributed by atoms with Gasteiger partial charge in [0, 0.05) is 15.2 Å². The Bertz CT molecular complexity index is 248. The van der Waals surface area contributed by atoms with Crippen molar-refractivity contribution in [3.05, 3.63) is 20.8 Å². The Kier molecular flexibility index (Phi) is 2.42. The van der Waals surface area contributed by atoms with Crippen LogP contribution in [0.5, 0.6) is 0 Å². The summed E-state index contributed by atoms with van der Waals surface area (Å²) in [7, 11) is 0. The predicted molar refractivity (Wildman–Crippen MR) is 43.7 cm³/mol. The molecule has 1 heterocycles. The lowest BCUT2D eigenvalue weighted by atomic mass is 10.3. The first-order chi connectivity index (χ1) is 4.75. The van der Waals surface area contributed by atoms with Crippen LogP contribution in [0.1, 0.15) is 10.4 Å². The molecule has 0 spiro atoms. The highest BCUT2D eigenvalue weighted by molar-refractivity contribution is 9.10. The molecule has 0 aliphatic carbocycles. The van der Waals surface area contributed by atoms with Crippen molar-refractivity contribution in [3.63, 3.8) is 0 Å². The van der Waals surface area contributed by atoms with Crippen LogP contribution in [-0.4, -0.2) is 5.91 Å². The molecule has 1 amide bonds. The minimum Gasteiger partial charge on any atom is -0.290 e. The zero-order chi connectivity index (χ0) is 7.56. The van der Waals surface area contributed by atoms with Gasteiger partial charge in [-0.3, -0.25) is 10.2 Å². The normalized spacial score (nSPS) is 9.40. The van der Waals surface area contributed by atoms with Crippen LogP contribution in [-0.2, 0) is 0 Å². The summed E-state index contributed by atoms with van der Waals surface area (Å²) in [6, 6.07) is 0. The lowest BCUT2D eigenvalue weighted by molar-refractivity contribution is 0.0953. The van der Waals surface area contributed by atoms with Crippen LogP contribution in [0.25, 0.3) is 0 Å². The number of hydrogen-bond acceptors (Lipinski definition) is 3. The van der Waals surface area contributed by atoms with E-state index in [1.807, 2.05) is 10.8 Å². The van der Waals surface area contributed by atoms with E-state index >= 15 is 0 Å². The lowest BCUT2D eigenvalue weighted by Gasteiger charge is -1.94. The van der Waals surface area contributed by atoms with Gasteiger partial charge in [0.05, 0.1) is 5.56 Å². The Labute approximate surface area is 70.3 Å². The summed E-state index contributed by atoms with van der Waals surface area (Å²) in [6.07, 6.45) is 0. The highest BCUT2D eigenvalue weighted by Crippen LogP contribution is 2.20. The van der Waals surface area contributed by atoms with Gasteiger partial charge in [-0.2, -0.15) is 11.3 Å². The third kappa shape index (κ3) is 1.36. The molecule has 1 aromatic heterocycles. The molecule has 0 saturated heterocycles. The monoisotopic (exact) mass is 220 g/mol. The number of hydrogen-bond donors (Lipinski definition) is 2. The van der Waals surface area contributed by atoms with E-state index in [9.17, 15) is 4.79 Å². The highest BCUT2D eigenvalue weighted by atomic mass is 79.9. The molecule has 0 saturated carbocycles. The summed E-state index contributed by atoms with van der Waals surface area (Å²) in [6.45, 7) is 0. The highest BCUT2D eigenvalue weighted by Gasteiger charge is 2.07. The molecule has 10 heavy (non-hydrogen) atoms. The first-order valence-corrected chi connectivity index (χ1v) is 4.22. The largest absolute Gasteiger partial charge is 0.290 e. The number of carbonyl (C=O) groups excluding carboxylic acids is 1. The number of nitrogen functional groups attached to an aromatic ring is 1. The Hall–Kier alpha value is -0.390. The first kappa shape index (κ1) is 7.71. The van der Waals surface area contributed by atoms with Crippen molar-refractivity contribution in [2.45, 2.75) is 0 Å². The fraction of sp³-hybridized carbons (Fsp3) is 0. The van der Waals surface area contributed by atoms with Crippen molar-refractivity contribution < 1.29 is 4.79 Å². The van der Waals surface area contributed by atoms with Crippen LogP contribution in [0.2, 0.25) is 0 Å². The number of nitrogens with one attached hydrogen (secondary N) is 1. The van der Waals surface area contributed by atoms with E-state index in [-0.39, 0.29) is 5.91 Å². The fourth-order valence-corrected chi connectivity index (χ4v) is 1.98. The quantitative estimate of drug-likeness (QED) is 0.424. The van der Waals surface area contributed by atoms with Crippen molar-refractivity contribution in [1.29, 1.82) is 0 Å². The van der Waals surface area contributed by atoms with E-state index in [4.69, 9.17) is 5.84 Å². The summed E-state index contributed by atoms with van der Waals surface area (Å²) in [4.78, 5) is 10.8. The molecule has 1 aromatic rings. The van der Waals surface area contributed by atoms with E-state index in [0.29, 0.717) is 5.56 Å². The van der Waals surface area contributed by atoms with Gasteiger partial charge in [-0.25, -0.2) is 5.84 Å². The summed E-state index contributed by atoms with van der Waals surface area (Å²) in [5.74, 6) is 4.65. The second-order valence-corrected chi connectivity index (χ2v) is 3.20. The number of halogens is 1. The molecular weight excluding hydrogens is 216 g/mol. The van der Waals surface area contributed by atoms with Gasteiger partial charge in [0.2, 0.25) is 0 Å². The number of rotatable bonds is 1. The smallest absolute Gasteiger partial charge is 0.267 e. The topological polar surface area (TPSA) is 55.1 Å². The Morgan fingerprint density at radius 1 is 1.70 bits per heavy atom. The van der Waals surface area contributed by atoms with Crippen molar-refractivity contribution in [3.8, 4) is 0 Å². The molecule has 0 radical (unpaired) electrons. The molecule has 1 rings (SSSR count). The Morgan fingerprint density at radius 2 is 2.40 bits per heavy atom. The molecule has 3 nitrogen and oxygen atoms in total. The Morgan fingerprint density at radius 3 is 2.80 bits per heavy atom. The molecular formula is C5H5BrN2OS. The number of amides is 1. The molecule has 0 fully saturated rings. The number of carbonyl (C=O) groups is 1. The minimum absolute atomic E-state index is 0.270. The van der Waals surface area contributed by atoms with Crippen LogP contribution in [0.3, 0.4) is 0 Å². The standard InChI is InChI=1S/C5H5BrN2OS/c6-4-2-10-1-3(4)5(9)8-7/h1-2H,7H2,(H,8,9). The second-order valence-electron chi connectivity index (χ2n) is 1.61. The summed E-state index contributed by atoms with van der Waals surface area (Å²) in [5, 5.41) is 3.55. The van der Waals surface area contributed by atoms with Crippen molar-refractivity contribution in [2.75, 3.05) is 0 Å². The average molecular weight is 221 g/mol. The third-order valence-corrected chi connectivity index (χ3v) is 2.69. The fourth-order valence-electron chi connectivity index (χ4n) is 0.521. The molecule has 0 aliphatic heterocycles. The van der Waals surface area contributed by atoms with Crippen LogP contribution in [0, 0.1) is 0 Å². The van der Waals surface area contributed by atoms with Gasteiger partial charge in [-0.1, -0.05) is 0 Å². The maximum Gasteiger partial charge on any atom is 0.267 e. The molecule has 0 unspecified atom stereocenters. The predicted octanol–water partition coefficient (Wildman–Crippen LogP) is 1.11. The van der Waals surface area contributed by atoms with Gasteiger partial charge in [-0.15, -0.1) is 0 Å². The maximum absolute atomic E-state index is 10.8. The van der Waals surface area contributed by atoms with Crippen LogP contribution < -0.4 is 11.3 Å². The zero-order valence-corrected chi connectivity index (χ0v) is 7.33. The van der Waals surface area contributed by atoms with Crippen LogP contribution in [0.4, 0.5) is 0 Å². The Balaban J connectivity index is 2.93. The zero-order valence-electron chi connectivity index (χ0n) is 4.93. The van der Waals surface area contributed by atoms with E-state index < -0.39 is 0 Å². The van der Waals surface area contributed by atoms with Crippen molar-refractivity contribution in [2.24, 2.45) is 5.84 Å². The van der Waals surface area contributed by atoms with Crippen molar-refractivity contribution in [1.82, 2.24) is 5.43 Å². The van der Waals surface area contributed by atoms with Gasteiger partial charge in [-0.05, 0) is 15.9 Å². The van der Waals surface area contributed by atoms with Crippen LogP contribution >= 0.6 is 27.3 Å². The first-order valence-electron chi connectivity index (χ1n) is 2.48. The summed E-state index contributed by atoms with van der Waals surface area (Å²) >= 11 is 4.65. The van der Waals surface area contributed by atoms with Crippen molar-refractivity contribution >= 4 is 33.2 Å².